The lowest BCUT2D eigenvalue weighted by Crippen LogP contribution is -2.01. The van der Waals surface area contributed by atoms with Crippen LogP contribution in [0.2, 0.25) is 0 Å². The van der Waals surface area contributed by atoms with Gasteiger partial charge < -0.3 is 14.9 Å². The zero-order valence-corrected chi connectivity index (χ0v) is 41.7. The quantitative estimate of drug-likeness (QED) is 0.0844. The monoisotopic (exact) mass is 1010 g/mol. The molecule has 0 radical (unpaired) electrons. The Bertz CT molecular complexity index is 4430. The summed E-state index contributed by atoms with van der Waals surface area (Å²) in [6, 6.07) is 83.2. The molecule has 0 atom stereocenters. The third-order valence-corrected chi connectivity index (χ3v) is 13.8. The fraction of sp³-hybridized carbons (Fsp3) is 0. The number of nitro groups is 1. The molecule has 2 N–H and O–H groups in total. The van der Waals surface area contributed by atoms with Crippen LogP contribution in [0.15, 0.2) is 255 Å². The maximum absolute atomic E-state index is 12.0. The summed E-state index contributed by atoms with van der Waals surface area (Å²) in [5.74, 6) is 3.57. The second-order valence-corrected chi connectivity index (χ2v) is 18.6. The molecule has 0 unspecified atom stereocenters. The summed E-state index contributed by atoms with van der Waals surface area (Å²) in [6.07, 6.45) is 0. The summed E-state index contributed by atoms with van der Waals surface area (Å²) in [5, 5.41) is 16.3. The summed E-state index contributed by atoms with van der Waals surface area (Å²) in [7, 11) is 0. The molecule has 78 heavy (non-hydrogen) atoms. The van der Waals surface area contributed by atoms with Crippen LogP contribution in [0.5, 0.6) is 0 Å². The average molecular weight is 1010 g/mol. The Hall–Kier alpha value is -11.0. The number of nitrogens with two attached hydrogens (primary N) is 1. The van der Waals surface area contributed by atoms with Crippen molar-refractivity contribution in [3.63, 3.8) is 0 Å². The van der Waals surface area contributed by atoms with E-state index in [9.17, 15) is 10.1 Å². The smallest absolute Gasteiger partial charge is 0.293 e. The predicted octanol–water partition coefficient (Wildman–Crippen LogP) is 15.4. The largest absolute Gasteiger partial charge is 0.397 e. The minimum absolute atomic E-state index is 0.0356. The number of rotatable bonds is 9. The number of para-hydroxylation sites is 6. The first-order chi connectivity index (χ1) is 38.4. The molecule has 0 aliphatic carbocycles. The van der Waals surface area contributed by atoms with E-state index in [1.807, 2.05) is 193 Å². The molecule has 0 saturated heterocycles. The number of nitro benzene ring substituents is 1. The topological polar surface area (TPSA) is 156 Å². The van der Waals surface area contributed by atoms with E-state index in [1.165, 1.54) is 11.5 Å². The summed E-state index contributed by atoms with van der Waals surface area (Å²) in [5.41, 5.74) is 17.9. The first-order valence-electron chi connectivity index (χ1n) is 25.3. The molecular weight excluding hydrogens is 965 g/mol. The van der Waals surface area contributed by atoms with Crippen LogP contribution in [0, 0.1) is 10.1 Å². The standard InChI is InChI=1S/C33H21N5O2.C33H23N5/c39-38(40)29-18-10-9-17-28(29)37-27-16-8-7-15-25(27)26-20-19-24(21-30(26)37)33-35-31(22-11-3-1-4-12-22)34-32(36-33)23-13-5-2-6-14-23;34-27-16-8-10-18-29(27)38-28-17-9-7-15-25(28)26-20-19-24(21-30(26)38)33-36-31(22-11-3-1-4-12-22)35-32(37-33)23-13-5-2-6-14-23/h1-21H;1-21H,34H2. The van der Waals surface area contributed by atoms with Crippen LogP contribution in [-0.2, 0) is 0 Å². The SMILES string of the molecule is Nc1ccccc1-n1c2ccccc2c2ccc(-c3nc(-c4ccccc4)nc(-c4ccccc4)n3)cc21.O=[N+]([O-])c1ccccc1-n1c2ccccc2c2ccc(-c3nc(-c4ccccc4)nc(-c4ccccc4)n3)cc21. The van der Waals surface area contributed by atoms with Crippen LogP contribution < -0.4 is 5.73 Å². The van der Waals surface area contributed by atoms with E-state index in [2.05, 4.69) is 53.1 Å². The van der Waals surface area contributed by atoms with Gasteiger partial charge in [-0.2, -0.15) is 0 Å². The third kappa shape index (κ3) is 8.70. The minimum atomic E-state index is -0.343. The highest BCUT2D eigenvalue weighted by atomic mass is 16.6. The van der Waals surface area contributed by atoms with Gasteiger partial charge in [0.15, 0.2) is 34.9 Å². The van der Waals surface area contributed by atoms with Crippen molar-refractivity contribution < 1.29 is 4.92 Å². The molecule has 12 heteroatoms. The molecule has 0 amide bonds. The van der Waals surface area contributed by atoms with Crippen LogP contribution in [0.3, 0.4) is 0 Å². The summed E-state index contributed by atoms with van der Waals surface area (Å²) in [4.78, 5) is 40.8. The molecule has 0 spiro atoms. The number of hydrogen-bond acceptors (Lipinski definition) is 9. The van der Waals surface area contributed by atoms with Crippen molar-refractivity contribution in [2.45, 2.75) is 0 Å². The molecule has 14 aromatic rings. The second kappa shape index (κ2) is 20.0. The molecule has 14 rings (SSSR count). The first kappa shape index (κ1) is 46.8. The van der Waals surface area contributed by atoms with Crippen molar-refractivity contribution in [1.29, 1.82) is 0 Å². The lowest BCUT2D eigenvalue weighted by atomic mass is 10.1. The van der Waals surface area contributed by atoms with Gasteiger partial charge in [0.1, 0.15) is 5.69 Å². The van der Waals surface area contributed by atoms with Crippen molar-refractivity contribution in [2.24, 2.45) is 0 Å². The van der Waals surface area contributed by atoms with E-state index >= 15 is 0 Å². The normalized spacial score (nSPS) is 11.2. The fourth-order valence-electron chi connectivity index (χ4n) is 10.1. The van der Waals surface area contributed by atoms with E-state index in [0.29, 0.717) is 40.6 Å². The maximum Gasteiger partial charge on any atom is 0.293 e. The Labute approximate surface area is 447 Å². The minimum Gasteiger partial charge on any atom is -0.397 e. The van der Waals surface area contributed by atoms with Crippen molar-refractivity contribution in [3.8, 4) is 79.7 Å². The zero-order chi connectivity index (χ0) is 52.5. The average Bonchev–Trinajstić information content (AvgIpc) is 4.14. The molecule has 0 bridgehead atoms. The molecule has 10 aromatic carbocycles. The number of anilines is 1. The Morgan fingerprint density at radius 3 is 1.01 bits per heavy atom. The Kier molecular flexibility index (Phi) is 12.0. The van der Waals surface area contributed by atoms with E-state index in [1.54, 1.807) is 12.1 Å². The van der Waals surface area contributed by atoms with Gasteiger partial charge in [0.05, 0.1) is 38.4 Å². The third-order valence-electron chi connectivity index (χ3n) is 13.8. The number of nitrogens with zero attached hydrogens (tertiary/aromatic N) is 9. The number of hydrogen-bond donors (Lipinski definition) is 1. The van der Waals surface area contributed by atoms with Crippen molar-refractivity contribution in [3.05, 3.63) is 265 Å². The van der Waals surface area contributed by atoms with Gasteiger partial charge >= 0.3 is 0 Å². The highest BCUT2D eigenvalue weighted by Gasteiger charge is 2.22. The summed E-state index contributed by atoms with van der Waals surface area (Å²) in [6.45, 7) is 0. The van der Waals surface area contributed by atoms with Gasteiger partial charge in [0, 0.05) is 61.0 Å². The van der Waals surface area contributed by atoms with E-state index < -0.39 is 0 Å². The molecular formula is C66H44N10O2. The van der Waals surface area contributed by atoms with Gasteiger partial charge in [-0.05, 0) is 42.5 Å². The highest BCUT2D eigenvalue weighted by Crippen LogP contribution is 2.39. The van der Waals surface area contributed by atoms with Gasteiger partial charge in [0.2, 0.25) is 0 Å². The number of nitrogen functional groups attached to an aromatic ring is 1. The number of aromatic nitrogens is 8. The molecule has 370 valence electrons. The second-order valence-electron chi connectivity index (χ2n) is 18.6. The maximum atomic E-state index is 12.0. The van der Waals surface area contributed by atoms with Crippen LogP contribution in [0.1, 0.15) is 0 Å². The molecule has 4 heterocycles. The molecule has 0 aliphatic heterocycles. The van der Waals surface area contributed by atoms with Crippen LogP contribution in [0.4, 0.5) is 11.4 Å². The van der Waals surface area contributed by atoms with E-state index in [4.69, 9.17) is 35.6 Å². The zero-order valence-electron chi connectivity index (χ0n) is 41.7. The van der Waals surface area contributed by atoms with Gasteiger partial charge in [-0.15, -0.1) is 0 Å². The summed E-state index contributed by atoms with van der Waals surface area (Å²) < 4.78 is 4.17. The van der Waals surface area contributed by atoms with Crippen LogP contribution >= 0.6 is 0 Å². The predicted molar refractivity (Wildman–Crippen MR) is 312 cm³/mol. The molecule has 0 saturated carbocycles. The van der Waals surface area contributed by atoms with Crippen LogP contribution in [-0.4, -0.2) is 44.0 Å². The lowest BCUT2D eigenvalue weighted by molar-refractivity contribution is -0.384. The van der Waals surface area contributed by atoms with Gasteiger partial charge in [-0.25, -0.2) is 29.9 Å². The van der Waals surface area contributed by atoms with Gasteiger partial charge in [-0.1, -0.05) is 206 Å². The van der Waals surface area contributed by atoms with Gasteiger partial charge in [0.25, 0.3) is 5.69 Å². The number of benzene rings is 10. The summed E-state index contributed by atoms with van der Waals surface area (Å²) >= 11 is 0. The Morgan fingerprint density at radius 2 is 0.615 bits per heavy atom. The number of fused-ring (bicyclic) bond motifs is 6. The highest BCUT2D eigenvalue weighted by molar-refractivity contribution is 6.11. The molecule has 12 nitrogen and oxygen atoms in total. The molecule has 0 fully saturated rings. The van der Waals surface area contributed by atoms with Crippen LogP contribution in [0.25, 0.3) is 123 Å². The van der Waals surface area contributed by atoms with Gasteiger partial charge in [-0.3, -0.25) is 10.1 Å². The Morgan fingerprint density at radius 1 is 0.308 bits per heavy atom. The Balaban J connectivity index is 0.000000149. The van der Waals surface area contributed by atoms with E-state index in [0.717, 1.165) is 83.0 Å². The first-order valence-corrected chi connectivity index (χ1v) is 25.3. The van der Waals surface area contributed by atoms with Crippen molar-refractivity contribution >= 4 is 55.0 Å². The van der Waals surface area contributed by atoms with E-state index in [-0.39, 0.29) is 10.6 Å². The fourth-order valence-corrected chi connectivity index (χ4v) is 10.1. The van der Waals surface area contributed by atoms with Crippen molar-refractivity contribution in [1.82, 2.24) is 39.0 Å². The lowest BCUT2D eigenvalue weighted by Gasteiger charge is -2.12. The van der Waals surface area contributed by atoms with Crippen molar-refractivity contribution in [2.75, 3.05) is 5.73 Å². The molecule has 4 aromatic heterocycles. The molecule has 0 aliphatic rings.